The minimum absolute atomic E-state index is 0.0764. The predicted molar refractivity (Wildman–Crippen MR) is 87.7 cm³/mol. The number of nitrogens with zero attached hydrogens (tertiary/aromatic N) is 2. The monoisotopic (exact) mass is 333 g/mol. The lowest BCUT2D eigenvalue weighted by molar-refractivity contribution is -0.138. The number of carbonyl (C=O) groups excluding carboxylic acids is 2. The zero-order valence-corrected chi connectivity index (χ0v) is 13.9. The second-order valence-corrected chi connectivity index (χ2v) is 6.00. The fourth-order valence-corrected chi connectivity index (χ4v) is 2.91. The molecule has 7 nitrogen and oxygen atoms in total. The molecule has 1 aromatic rings. The molecule has 0 unspecified atom stereocenters. The highest BCUT2D eigenvalue weighted by Gasteiger charge is 2.21. The lowest BCUT2D eigenvalue weighted by Crippen LogP contribution is -2.50. The number of hydrogen-bond acceptors (Lipinski definition) is 5. The number of nitrogens with one attached hydrogen (secondary N) is 1. The van der Waals surface area contributed by atoms with Crippen LogP contribution in [0.2, 0.25) is 0 Å². The van der Waals surface area contributed by atoms with Gasteiger partial charge in [0, 0.05) is 52.6 Å². The summed E-state index contributed by atoms with van der Waals surface area (Å²) in [6.07, 6.45) is 0.463. The van der Waals surface area contributed by atoms with Crippen LogP contribution < -0.4 is 14.8 Å². The Bertz CT molecular complexity index is 612. The van der Waals surface area contributed by atoms with Gasteiger partial charge in [0.15, 0.2) is 11.5 Å². The van der Waals surface area contributed by atoms with Gasteiger partial charge in [0.25, 0.3) is 0 Å². The maximum Gasteiger partial charge on any atom is 0.231 e. The van der Waals surface area contributed by atoms with Gasteiger partial charge in [-0.3, -0.25) is 9.59 Å². The maximum absolute atomic E-state index is 12.2. The second-order valence-electron chi connectivity index (χ2n) is 6.00. The van der Waals surface area contributed by atoms with Crippen LogP contribution in [0.15, 0.2) is 18.2 Å². The Kier molecular flexibility index (Phi) is 5.20. The SMILES string of the molecule is CC(=O)N1CCN(C(=O)CCNCc2ccc3c(c2)OCO3)CC1. The van der Waals surface area contributed by atoms with Crippen molar-refractivity contribution in [3.8, 4) is 11.5 Å². The average molecular weight is 333 g/mol. The number of benzene rings is 1. The van der Waals surface area contributed by atoms with Crippen LogP contribution in [0.5, 0.6) is 11.5 Å². The van der Waals surface area contributed by atoms with Crippen LogP contribution in [0.4, 0.5) is 0 Å². The smallest absolute Gasteiger partial charge is 0.231 e. The van der Waals surface area contributed by atoms with Crippen LogP contribution in [-0.4, -0.2) is 61.1 Å². The third-order valence-corrected chi connectivity index (χ3v) is 4.36. The van der Waals surface area contributed by atoms with Crippen molar-refractivity contribution in [3.63, 3.8) is 0 Å². The summed E-state index contributed by atoms with van der Waals surface area (Å²) in [6.45, 7) is 5.66. The standard InChI is InChI=1S/C17H23N3O4/c1-13(21)19-6-8-20(9-7-19)17(22)4-5-18-11-14-2-3-15-16(10-14)24-12-23-15/h2-3,10,18H,4-9,11-12H2,1H3. The van der Waals surface area contributed by atoms with Gasteiger partial charge in [-0.1, -0.05) is 6.07 Å². The van der Waals surface area contributed by atoms with Crippen LogP contribution in [0.25, 0.3) is 0 Å². The third kappa shape index (κ3) is 3.97. The number of carbonyl (C=O) groups is 2. The molecule has 2 amide bonds. The van der Waals surface area contributed by atoms with E-state index in [9.17, 15) is 9.59 Å². The van der Waals surface area contributed by atoms with Crippen LogP contribution >= 0.6 is 0 Å². The van der Waals surface area contributed by atoms with Gasteiger partial charge in [0.05, 0.1) is 0 Å². The molecule has 0 bridgehead atoms. The molecule has 2 aliphatic heterocycles. The molecule has 2 heterocycles. The van der Waals surface area contributed by atoms with E-state index in [4.69, 9.17) is 9.47 Å². The van der Waals surface area contributed by atoms with Gasteiger partial charge in [-0.15, -0.1) is 0 Å². The predicted octanol–water partition coefficient (Wildman–Crippen LogP) is 0.586. The summed E-state index contributed by atoms with van der Waals surface area (Å²) in [5.74, 6) is 1.76. The minimum atomic E-state index is 0.0764. The molecule has 0 spiro atoms. The van der Waals surface area contributed by atoms with E-state index in [0.717, 1.165) is 17.1 Å². The van der Waals surface area contributed by atoms with Gasteiger partial charge >= 0.3 is 0 Å². The second kappa shape index (κ2) is 7.53. The number of ether oxygens (including phenoxy) is 2. The lowest BCUT2D eigenvalue weighted by atomic mass is 10.2. The Labute approximate surface area is 141 Å². The van der Waals surface area contributed by atoms with Crippen LogP contribution in [0, 0.1) is 0 Å². The van der Waals surface area contributed by atoms with Gasteiger partial charge in [-0.25, -0.2) is 0 Å². The van der Waals surface area contributed by atoms with E-state index in [2.05, 4.69) is 5.32 Å². The van der Waals surface area contributed by atoms with Crippen molar-refractivity contribution in [2.45, 2.75) is 19.9 Å². The zero-order chi connectivity index (χ0) is 16.9. The highest BCUT2D eigenvalue weighted by atomic mass is 16.7. The highest BCUT2D eigenvalue weighted by molar-refractivity contribution is 5.77. The Morgan fingerprint density at radius 2 is 1.79 bits per heavy atom. The number of fused-ring (bicyclic) bond motifs is 1. The van der Waals surface area contributed by atoms with Crippen molar-refractivity contribution in [1.29, 1.82) is 0 Å². The Hall–Kier alpha value is -2.28. The van der Waals surface area contributed by atoms with Crippen molar-refractivity contribution in [2.24, 2.45) is 0 Å². The van der Waals surface area contributed by atoms with Crippen LogP contribution in [-0.2, 0) is 16.1 Å². The Balaban J connectivity index is 1.36. The average Bonchev–Trinajstić information content (AvgIpc) is 3.06. The molecule has 0 aromatic heterocycles. The molecule has 1 N–H and O–H groups in total. The molecule has 3 rings (SSSR count). The van der Waals surface area contributed by atoms with Crippen molar-refractivity contribution >= 4 is 11.8 Å². The molecule has 1 fully saturated rings. The molecule has 0 radical (unpaired) electrons. The van der Waals surface area contributed by atoms with Gasteiger partial charge in [0.1, 0.15) is 0 Å². The molecule has 130 valence electrons. The molecular formula is C17H23N3O4. The molecule has 0 saturated carbocycles. The van der Waals surface area contributed by atoms with Gasteiger partial charge in [-0.2, -0.15) is 0 Å². The number of rotatable bonds is 5. The summed E-state index contributed by atoms with van der Waals surface area (Å²) in [5.41, 5.74) is 1.10. The van der Waals surface area contributed by atoms with E-state index in [-0.39, 0.29) is 18.6 Å². The van der Waals surface area contributed by atoms with Gasteiger partial charge in [0.2, 0.25) is 18.6 Å². The molecule has 2 aliphatic rings. The fourth-order valence-electron chi connectivity index (χ4n) is 2.91. The van der Waals surface area contributed by atoms with Gasteiger partial charge < -0.3 is 24.6 Å². The fraction of sp³-hybridized carbons (Fsp3) is 0.529. The summed E-state index contributed by atoms with van der Waals surface area (Å²) in [6, 6.07) is 5.85. The minimum Gasteiger partial charge on any atom is -0.454 e. The molecule has 1 saturated heterocycles. The van der Waals surface area contributed by atoms with E-state index < -0.39 is 0 Å². The zero-order valence-electron chi connectivity index (χ0n) is 13.9. The summed E-state index contributed by atoms with van der Waals surface area (Å²) in [4.78, 5) is 27.1. The topological polar surface area (TPSA) is 71.1 Å². The summed E-state index contributed by atoms with van der Waals surface area (Å²) in [5, 5.41) is 3.28. The molecular weight excluding hydrogens is 310 g/mol. The van der Waals surface area contributed by atoms with Crippen molar-refractivity contribution in [2.75, 3.05) is 39.5 Å². The summed E-state index contributed by atoms with van der Waals surface area (Å²) in [7, 11) is 0. The summed E-state index contributed by atoms with van der Waals surface area (Å²) < 4.78 is 10.6. The third-order valence-electron chi connectivity index (χ3n) is 4.36. The first kappa shape index (κ1) is 16.6. The summed E-state index contributed by atoms with van der Waals surface area (Å²) >= 11 is 0. The molecule has 0 aliphatic carbocycles. The Morgan fingerprint density at radius 3 is 2.54 bits per heavy atom. The molecule has 1 aromatic carbocycles. The normalized spacial score (nSPS) is 16.4. The van der Waals surface area contributed by atoms with Gasteiger partial charge in [-0.05, 0) is 17.7 Å². The lowest BCUT2D eigenvalue weighted by Gasteiger charge is -2.34. The Morgan fingerprint density at radius 1 is 1.08 bits per heavy atom. The first-order chi connectivity index (χ1) is 11.6. The van der Waals surface area contributed by atoms with Crippen molar-refractivity contribution in [1.82, 2.24) is 15.1 Å². The number of amides is 2. The van der Waals surface area contributed by atoms with Crippen LogP contribution in [0.1, 0.15) is 18.9 Å². The van der Waals surface area contributed by atoms with Crippen LogP contribution in [0.3, 0.4) is 0 Å². The number of piperazine rings is 1. The first-order valence-electron chi connectivity index (χ1n) is 8.26. The maximum atomic E-state index is 12.2. The van der Waals surface area contributed by atoms with E-state index in [1.165, 1.54) is 0 Å². The van der Waals surface area contributed by atoms with Crippen molar-refractivity contribution in [3.05, 3.63) is 23.8 Å². The van der Waals surface area contributed by atoms with E-state index >= 15 is 0 Å². The van der Waals surface area contributed by atoms with E-state index in [1.54, 1.807) is 11.8 Å². The largest absolute Gasteiger partial charge is 0.454 e. The van der Waals surface area contributed by atoms with E-state index in [1.807, 2.05) is 23.1 Å². The van der Waals surface area contributed by atoms with E-state index in [0.29, 0.717) is 45.7 Å². The molecule has 0 atom stereocenters. The molecule has 7 heteroatoms. The first-order valence-corrected chi connectivity index (χ1v) is 8.26. The highest BCUT2D eigenvalue weighted by Crippen LogP contribution is 2.32. The quantitative estimate of drug-likeness (QED) is 0.799. The number of hydrogen-bond donors (Lipinski definition) is 1. The van der Waals surface area contributed by atoms with Crippen molar-refractivity contribution < 1.29 is 19.1 Å². The molecule has 24 heavy (non-hydrogen) atoms.